The predicted molar refractivity (Wildman–Crippen MR) is 77.6 cm³/mol. The molecule has 146 valence electrons. The molecule has 25 heavy (non-hydrogen) atoms. The van der Waals surface area contributed by atoms with Crippen LogP contribution in [0.25, 0.3) is 0 Å². The van der Waals surface area contributed by atoms with Crippen molar-refractivity contribution in [3.63, 3.8) is 0 Å². The number of amides is 1. The maximum Gasteiger partial charge on any atom is 0.490 e. The molecule has 6 N–H and O–H groups in total. The lowest BCUT2D eigenvalue weighted by atomic mass is 9.99. The fourth-order valence-corrected chi connectivity index (χ4v) is 1.31. The number of rotatable bonds is 8. The van der Waals surface area contributed by atoms with E-state index in [0.717, 1.165) is 0 Å². The number of alkyl halides is 3. The van der Waals surface area contributed by atoms with Crippen molar-refractivity contribution in [2.24, 2.45) is 11.7 Å². The zero-order valence-electron chi connectivity index (χ0n) is 13.5. The van der Waals surface area contributed by atoms with Crippen LogP contribution in [0.2, 0.25) is 0 Å². The number of carbonyl (C=O) groups excluding carboxylic acids is 1. The summed E-state index contributed by atoms with van der Waals surface area (Å²) in [5, 5.41) is 26.7. The molecule has 0 aliphatic rings. The minimum absolute atomic E-state index is 0.0704. The number of carbonyl (C=O) groups is 4. The molecule has 12 heteroatoms. The van der Waals surface area contributed by atoms with Crippen LogP contribution in [0.1, 0.15) is 33.1 Å². The van der Waals surface area contributed by atoms with E-state index in [0.29, 0.717) is 6.42 Å². The third kappa shape index (κ3) is 11.8. The van der Waals surface area contributed by atoms with Gasteiger partial charge in [-0.3, -0.25) is 9.59 Å². The monoisotopic (exact) mass is 374 g/mol. The Hall–Kier alpha value is -2.37. The van der Waals surface area contributed by atoms with Crippen LogP contribution in [0, 0.1) is 5.92 Å². The summed E-state index contributed by atoms with van der Waals surface area (Å²) < 4.78 is 31.7. The molecule has 3 atom stereocenters. The van der Waals surface area contributed by atoms with Gasteiger partial charge in [0.1, 0.15) is 6.04 Å². The second-order valence-corrected chi connectivity index (χ2v) is 5.05. The lowest BCUT2D eigenvalue weighted by Crippen LogP contribution is -2.50. The summed E-state index contributed by atoms with van der Waals surface area (Å²) >= 11 is 0. The van der Waals surface area contributed by atoms with Crippen LogP contribution < -0.4 is 11.1 Å². The Morgan fingerprint density at radius 2 is 1.56 bits per heavy atom. The first-order chi connectivity index (χ1) is 11.2. The van der Waals surface area contributed by atoms with Crippen LogP contribution >= 0.6 is 0 Å². The van der Waals surface area contributed by atoms with Gasteiger partial charge in [-0.05, 0) is 12.3 Å². The number of halogens is 3. The lowest BCUT2D eigenvalue weighted by molar-refractivity contribution is -0.192. The summed E-state index contributed by atoms with van der Waals surface area (Å²) in [5.74, 6) is -5.77. The molecule has 0 aliphatic heterocycles. The third-order valence-corrected chi connectivity index (χ3v) is 3.06. The van der Waals surface area contributed by atoms with Gasteiger partial charge in [-0.15, -0.1) is 0 Å². The Labute approximate surface area is 141 Å². The molecule has 0 spiro atoms. The van der Waals surface area contributed by atoms with Gasteiger partial charge in [0.05, 0.1) is 6.04 Å². The van der Waals surface area contributed by atoms with Crippen LogP contribution in [0.5, 0.6) is 0 Å². The van der Waals surface area contributed by atoms with E-state index < -0.39 is 42.1 Å². The zero-order chi connectivity index (χ0) is 20.4. The summed E-state index contributed by atoms with van der Waals surface area (Å²) in [5.41, 5.74) is 5.65. The highest BCUT2D eigenvalue weighted by atomic mass is 19.4. The van der Waals surface area contributed by atoms with Gasteiger partial charge in [0, 0.05) is 6.42 Å². The van der Waals surface area contributed by atoms with Crippen molar-refractivity contribution >= 4 is 23.8 Å². The number of hydrogen-bond donors (Lipinski definition) is 5. The zero-order valence-corrected chi connectivity index (χ0v) is 13.5. The predicted octanol–water partition coefficient (Wildman–Crippen LogP) is 0.427. The van der Waals surface area contributed by atoms with Crippen molar-refractivity contribution in [1.29, 1.82) is 0 Å². The van der Waals surface area contributed by atoms with E-state index in [1.54, 1.807) is 6.92 Å². The summed E-state index contributed by atoms with van der Waals surface area (Å²) in [6.45, 7) is 3.66. The highest BCUT2D eigenvalue weighted by Gasteiger charge is 2.38. The lowest BCUT2D eigenvalue weighted by Gasteiger charge is -2.20. The Balaban J connectivity index is 0. The molecule has 0 aromatic heterocycles. The van der Waals surface area contributed by atoms with Gasteiger partial charge in [-0.1, -0.05) is 20.3 Å². The first kappa shape index (κ1) is 24.9. The van der Waals surface area contributed by atoms with Crippen molar-refractivity contribution in [2.75, 3.05) is 0 Å². The Bertz CT molecular complexity index is 483. The average molecular weight is 374 g/mol. The summed E-state index contributed by atoms with van der Waals surface area (Å²) in [6.07, 6.45) is -4.87. The molecule has 0 aliphatic carbocycles. The molecular weight excluding hydrogens is 353 g/mol. The van der Waals surface area contributed by atoms with Gasteiger partial charge in [0.25, 0.3) is 0 Å². The molecule has 1 amide bonds. The quantitative estimate of drug-likeness (QED) is 0.407. The maximum absolute atomic E-state index is 11.7. The van der Waals surface area contributed by atoms with E-state index in [2.05, 4.69) is 5.32 Å². The molecule has 0 bridgehead atoms. The van der Waals surface area contributed by atoms with Crippen molar-refractivity contribution in [1.82, 2.24) is 5.32 Å². The van der Waals surface area contributed by atoms with Crippen LogP contribution in [0.15, 0.2) is 0 Å². The van der Waals surface area contributed by atoms with Gasteiger partial charge in [0.15, 0.2) is 0 Å². The van der Waals surface area contributed by atoms with Gasteiger partial charge in [-0.2, -0.15) is 13.2 Å². The standard InChI is InChI=1S/C11H20N2O5.C2HF3O2/c1-3-6(2)9(12)10(16)13-7(11(17)18)4-5-8(14)15;3-2(4,5)1(6)7/h6-7,9H,3-5,12H2,1-2H3,(H,13,16)(H,14,15)(H,17,18);(H,6,7)/t6-,7-,9-;/m0./s1. The smallest absolute Gasteiger partial charge is 0.481 e. The fraction of sp³-hybridized carbons (Fsp3) is 0.692. The van der Waals surface area contributed by atoms with Crippen LogP contribution in [0.4, 0.5) is 13.2 Å². The van der Waals surface area contributed by atoms with E-state index in [1.165, 1.54) is 0 Å². The van der Waals surface area contributed by atoms with E-state index in [-0.39, 0.29) is 18.8 Å². The number of nitrogens with one attached hydrogen (secondary N) is 1. The first-order valence-electron chi connectivity index (χ1n) is 7.04. The second-order valence-electron chi connectivity index (χ2n) is 5.05. The second kappa shape index (κ2) is 11.2. The largest absolute Gasteiger partial charge is 0.490 e. The maximum atomic E-state index is 11.7. The van der Waals surface area contributed by atoms with E-state index in [4.69, 9.17) is 25.8 Å². The van der Waals surface area contributed by atoms with Crippen molar-refractivity contribution in [3.05, 3.63) is 0 Å². The van der Waals surface area contributed by atoms with Crippen LogP contribution in [-0.2, 0) is 19.2 Å². The van der Waals surface area contributed by atoms with Crippen molar-refractivity contribution in [3.8, 4) is 0 Å². The van der Waals surface area contributed by atoms with Crippen molar-refractivity contribution in [2.45, 2.75) is 51.4 Å². The van der Waals surface area contributed by atoms with E-state index in [1.807, 2.05) is 6.92 Å². The van der Waals surface area contributed by atoms with Gasteiger partial charge in [-0.25, -0.2) is 9.59 Å². The molecule has 0 aromatic carbocycles. The van der Waals surface area contributed by atoms with E-state index in [9.17, 15) is 27.6 Å². The molecule has 0 radical (unpaired) electrons. The summed E-state index contributed by atoms with van der Waals surface area (Å²) in [6, 6.07) is -2.01. The van der Waals surface area contributed by atoms with Gasteiger partial charge in [0.2, 0.25) is 5.91 Å². The Morgan fingerprint density at radius 1 is 1.12 bits per heavy atom. The SMILES string of the molecule is CC[C@H](C)[C@H](N)C(=O)N[C@@H](CCC(=O)O)C(=O)O.O=C(O)C(F)(F)F. The molecule has 0 saturated heterocycles. The molecule has 0 fully saturated rings. The molecule has 0 rings (SSSR count). The molecule has 0 saturated carbocycles. The highest BCUT2D eigenvalue weighted by molar-refractivity contribution is 5.87. The average Bonchev–Trinajstić information content (AvgIpc) is 2.48. The number of nitrogens with two attached hydrogens (primary N) is 1. The van der Waals surface area contributed by atoms with Crippen LogP contribution in [0.3, 0.4) is 0 Å². The van der Waals surface area contributed by atoms with Gasteiger partial charge >= 0.3 is 24.1 Å². The minimum atomic E-state index is -5.08. The van der Waals surface area contributed by atoms with Gasteiger partial charge < -0.3 is 26.4 Å². The molecule has 9 nitrogen and oxygen atoms in total. The summed E-state index contributed by atoms with van der Waals surface area (Å²) in [4.78, 5) is 41.8. The van der Waals surface area contributed by atoms with E-state index >= 15 is 0 Å². The molecular formula is C13H21F3N2O7. The number of carboxylic acid groups (broad SMARTS) is 3. The molecule has 0 unspecified atom stereocenters. The third-order valence-electron chi connectivity index (χ3n) is 3.06. The van der Waals surface area contributed by atoms with Crippen molar-refractivity contribution < 1.29 is 47.7 Å². The molecule has 0 heterocycles. The Morgan fingerprint density at radius 3 is 1.84 bits per heavy atom. The normalized spacial score (nSPS) is 14.3. The number of carboxylic acids is 3. The highest BCUT2D eigenvalue weighted by Crippen LogP contribution is 2.13. The first-order valence-corrected chi connectivity index (χ1v) is 7.04. The van der Waals surface area contributed by atoms with Crippen LogP contribution in [-0.4, -0.2) is 57.4 Å². The number of aliphatic carboxylic acids is 3. The number of hydrogen-bond acceptors (Lipinski definition) is 5. The molecule has 0 aromatic rings. The topological polar surface area (TPSA) is 167 Å². The Kier molecular flexibility index (Phi) is 11.2. The minimum Gasteiger partial charge on any atom is -0.481 e. The fourth-order valence-electron chi connectivity index (χ4n) is 1.31. The summed E-state index contributed by atoms with van der Waals surface area (Å²) in [7, 11) is 0.